The van der Waals surface area contributed by atoms with Crippen LogP contribution in [0.15, 0.2) is 77.4 Å². The third kappa shape index (κ3) is 3.77. The van der Waals surface area contributed by atoms with Crippen LogP contribution in [0.1, 0.15) is 11.1 Å². The van der Waals surface area contributed by atoms with Crippen LogP contribution in [-0.4, -0.2) is 23.8 Å². The SMILES string of the molecule is COc1ccc(/C=C2\N=C(c3ccccc3)N(c3nc4cc(Cl)c(Cl)cc4s3)C2=O)cc1. The first kappa shape index (κ1) is 20.7. The lowest BCUT2D eigenvalue weighted by atomic mass is 10.2. The molecule has 0 saturated heterocycles. The van der Waals surface area contributed by atoms with Crippen LogP contribution < -0.4 is 9.64 Å². The third-order valence-corrected chi connectivity index (χ3v) is 6.65. The van der Waals surface area contributed by atoms with Gasteiger partial charge < -0.3 is 4.74 Å². The van der Waals surface area contributed by atoms with Crippen LogP contribution in [0.4, 0.5) is 5.13 Å². The predicted molar refractivity (Wildman–Crippen MR) is 131 cm³/mol. The average molecular weight is 480 g/mol. The predicted octanol–water partition coefficient (Wildman–Crippen LogP) is 6.45. The topological polar surface area (TPSA) is 54.8 Å². The fourth-order valence-electron chi connectivity index (χ4n) is 3.34. The number of hydrogen-bond acceptors (Lipinski definition) is 5. The molecule has 0 atom stereocenters. The maximum atomic E-state index is 13.5. The van der Waals surface area contributed by atoms with Crippen molar-refractivity contribution in [2.24, 2.45) is 4.99 Å². The van der Waals surface area contributed by atoms with E-state index in [2.05, 4.69) is 9.98 Å². The first-order valence-electron chi connectivity index (χ1n) is 9.63. The number of aliphatic imine (C=N–C) groups is 1. The molecule has 0 aliphatic carbocycles. The quantitative estimate of drug-likeness (QED) is 0.316. The molecule has 0 unspecified atom stereocenters. The van der Waals surface area contributed by atoms with Crippen LogP contribution >= 0.6 is 34.5 Å². The van der Waals surface area contributed by atoms with Crippen molar-refractivity contribution in [2.75, 3.05) is 12.0 Å². The van der Waals surface area contributed by atoms with Crippen LogP contribution in [0, 0.1) is 0 Å². The zero-order valence-corrected chi connectivity index (χ0v) is 19.1. The van der Waals surface area contributed by atoms with Crippen molar-refractivity contribution in [1.29, 1.82) is 0 Å². The summed E-state index contributed by atoms with van der Waals surface area (Å²) in [7, 11) is 1.61. The van der Waals surface area contributed by atoms with Crippen molar-refractivity contribution in [3.05, 3.63) is 93.6 Å². The Labute approximate surface area is 198 Å². The molecule has 0 bridgehead atoms. The molecule has 0 radical (unpaired) electrons. The van der Waals surface area contributed by atoms with Gasteiger partial charge in [-0.2, -0.15) is 0 Å². The number of aromatic nitrogens is 1. The molecule has 8 heteroatoms. The van der Waals surface area contributed by atoms with Crippen LogP contribution in [-0.2, 0) is 4.79 Å². The Morgan fingerprint density at radius 1 is 1.00 bits per heavy atom. The maximum absolute atomic E-state index is 13.5. The maximum Gasteiger partial charge on any atom is 0.284 e. The number of rotatable bonds is 4. The monoisotopic (exact) mass is 479 g/mol. The van der Waals surface area contributed by atoms with Gasteiger partial charge in [0.2, 0.25) is 0 Å². The summed E-state index contributed by atoms with van der Waals surface area (Å²) < 4.78 is 6.04. The van der Waals surface area contributed by atoms with Crippen molar-refractivity contribution >= 4 is 67.7 Å². The number of amides is 1. The van der Waals surface area contributed by atoms with Gasteiger partial charge in [-0.1, -0.05) is 77.0 Å². The van der Waals surface area contributed by atoms with Crippen molar-refractivity contribution in [3.8, 4) is 5.75 Å². The molecular weight excluding hydrogens is 465 g/mol. The summed E-state index contributed by atoms with van der Waals surface area (Å²) in [6.45, 7) is 0. The van der Waals surface area contributed by atoms with Gasteiger partial charge in [0.25, 0.3) is 5.91 Å². The van der Waals surface area contributed by atoms with Crippen molar-refractivity contribution in [1.82, 2.24) is 4.98 Å². The van der Waals surface area contributed by atoms with E-state index in [4.69, 9.17) is 27.9 Å². The summed E-state index contributed by atoms with van der Waals surface area (Å²) in [5, 5.41) is 1.36. The number of nitrogens with zero attached hydrogens (tertiary/aromatic N) is 3. The molecule has 4 aromatic rings. The highest BCUT2D eigenvalue weighted by Crippen LogP contribution is 2.37. The number of anilines is 1. The van der Waals surface area contributed by atoms with Gasteiger partial charge in [0.05, 0.1) is 27.4 Å². The lowest BCUT2D eigenvalue weighted by Gasteiger charge is -2.14. The molecule has 1 aliphatic heterocycles. The largest absolute Gasteiger partial charge is 0.497 e. The molecule has 5 rings (SSSR count). The first-order chi connectivity index (χ1) is 15.5. The fraction of sp³-hybridized carbons (Fsp3) is 0.0417. The Balaban J connectivity index is 1.61. The first-order valence-corrected chi connectivity index (χ1v) is 11.2. The fourth-order valence-corrected chi connectivity index (χ4v) is 4.71. The molecule has 1 aliphatic rings. The van der Waals surface area contributed by atoms with E-state index in [-0.39, 0.29) is 5.91 Å². The van der Waals surface area contributed by atoms with E-state index < -0.39 is 0 Å². The van der Waals surface area contributed by atoms with Crippen molar-refractivity contribution in [3.63, 3.8) is 0 Å². The van der Waals surface area contributed by atoms with E-state index in [1.807, 2.05) is 54.6 Å². The highest BCUT2D eigenvalue weighted by atomic mass is 35.5. The minimum atomic E-state index is -0.254. The molecule has 0 saturated carbocycles. The van der Waals surface area contributed by atoms with E-state index in [0.29, 0.717) is 32.2 Å². The highest BCUT2D eigenvalue weighted by Gasteiger charge is 2.34. The lowest BCUT2D eigenvalue weighted by Crippen LogP contribution is -2.32. The number of carbonyl (C=O) groups excluding carboxylic acids is 1. The van der Waals surface area contributed by atoms with Crippen LogP contribution in [0.5, 0.6) is 5.75 Å². The van der Waals surface area contributed by atoms with Gasteiger partial charge in [-0.15, -0.1) is 0 Å². The van der Waals surface area contributed by atoms with E-state index in [0.717, 1.165) is 21.6 Å². The summed E-state index contributed by atoms with van der Waals surface area (Å²) in [6.07, 6.45) is 1.76. The van der Waals surface area contributed by atoms with Crippen molar-refractivity contribution in [2.45, 2.75) is 0 Å². The molecule has 1 aromatic heterocycles. The van der Waals surface area contributed by atoms with Gasteiger partial charge in [-0.25, -0.2) is 14.9 Å². The van der Waals surface area contributed by atoms with Gasteiger partial charge in [-0.3, -0.25) is 4.79 Å². The third-order valence-electron chi connectivity index (χ3n) is 4.92. The molecular formula is C24H15Cl2N3O2S. The summed E-state index contributed by atoms with van der Waals surface area (Å²) >= 11 is 13.7. The molecule has 158 valence electrons. The van der Waals surface area contributed by atoms with Crippen LogP contribution in [0.2, 0.25) is 10.0 Å². The molecule has 1 amide bonds. The van der Waals surface area contributed by atoms with Gasteiger partial charge in [0.1, 0.15) is 17.3 Å². The normalized spacial score (nSPS) is 15.0. The van der Waals surface area contributed by atoms with E-state index in [1.165, 1.54) is 16.2 Å². The Morgan fingerprint density at radius 2 is 1.72 bits per heavy atom. The molecule has 3 aromatic carbocycles. The number of ether oxygens (including phenoxy) is 1. The number of benzene rings is 3. The Kier molecular flexibility index (Phi) is 5.43. The number of carbonyl (C=O) groups is 1. The molecule has 5 nitrogen and oxygen atoms in total. The number of fused-ring (bicyclic) bond motifs is 1. The number of halogens is 2. The number of methoxy groups -OCH3 is 1. The number of amidine groups is 1. The Hall–Kier alpha value is -3.19. The molecule has 0 N–H and O–H groups in total. The van der Waals surface area contributed by atoms with Gasteiger partial charge >= 0.3 is 0 Å². The number of thiazole rings is 1. The lowest BCUT2D eigenvalue weighted by molar-refractivity contribution is -0.113. The smallest absolute Gasteiger partial charge is 0.284 e. The number of hydrogen-bond donors (Lipinski definition) is 0. The van der Waals surface area contributed by atoms with E-state index >= 15 is 0 Å². The molecule has 32 heavy (non-hydrogen) atoms. The van der Waals surface area contributed by atoms with Gasteiger partial charge in [-0.05, 0) is 35.9 Å². The summed E-state index contributed by atoms with van der Waals surface area (Å²) in [5.74, 6) is 1.01. The van der Waals surface area contributed by atoms with Gasteiger partial charge in [0.15, 0.2) is 5.13 Å². The summed E-state index contributed by atoms with van der Waals surface area (Å²) in [6, 6.07) is 20.4. The van der Waals surface area contributed by atoms with Crippen molar-refractivity contribution < 1.29 is 9.53 Å². The van der Waals surface area contributed by atoms with E-state index in [9.17, 15) is 4.79 Å². The minimum Gasteiger partial charge on any atom is -0.497 e. The molecule has 2 heterocycles. The zero-order valence-electron chi connectivity index (χ0n) is 16.8. The van der Waals surface area contributed by atoms with Crippen LogP contribution in [0.3, 0.4) is 0 Å². The Bertz CT molecular complexity index is 1360. The average Bonchev–Trinajstić information content (AvgIpc) is 3.35. The van der Waals surface area contributed by atoms with Gasteiger partial charge in [0, 0.05) is 5.56 Å². The zero-order chi connectivity index (χ0) is 22.2. The highest BCUT2D eigenvalue weighted by molar-refractivity contribution is 7.22. The molecule has 0 spiro atoms. The minimum absolute atomic E-state index is 0.254. The second-order valence-electron chi connectivity index (χ2n) is 6.98. The molecule has 0 fully saturated rings. The summed E-state index contributed by atoms with van der Waals surface area (Å²) in [4.78, 5) is 24.3. The summed E-state index contributed by atoms with van der Waals surface area (Å²) in [5.41, 5.74) is 2.65. The van der Waals surface area contributed by atoms with E-state index in [1.54, 1.807) is 25.3 Å². The second kappa shape index (κ2) is 8.39. The Morgan fingerprint density at radius 3 is 2.44 bits per heavy atom. The standard InChI is InChI=1S/C24H15Cl2N3O2S/c1-31-16-9-7-14(8-10-16)11-20-23(30)29(22(27-20)15-5-3-2-4-6-15)24-28-19-12-17(25)18(26)13-21(19)32-24/h2-13H,1H3/b20-11-. The van der Waals surface area contributed by atoms with Crippen LogP contribution in [0.25, 0.3) is 16.3 Å². The second-order valence-corrected chi connectivity index (χ2v) is 8.80.